The van der Waals surface area contributed by atoms with E-state index in [2.05, 4.69) is 29.5 Å². The normalized spacial score (nSPS) is 11.3. The second-order valence-corrected chi connectivity index (χ2v) is 4.76. The summed E-state index contributed by atoms with van der Waals surface area (Å²) in [5, 5.41) is 6.48. The third-order valence-electron chi connectivity index (χ3n) is 2.83. The standard InChI is InChI=1S/C15H25N3O3/c1-10(2)18-15(16-3)17-9-11-7-12(19-4)14(21-6)13(8-11)20-5/h7-8,10H,9H2,1-6H3,(H2,16,17,18). The SMILES string of the molecule is CN=C(NCc1cc(OC)c(OC)c(OC)c1)NC(C)C. The Morgan fingerprint density at radius 1 is 1.10 bits per heavy atom. The number of hydrogen-bond donors (Lipinski definition) is 2. The molecule has 0 atom stereocenters. The lowest BCUT2D eigenvalue weighted by atomic mass is 10.2. The molecule has 0 spiro atoms. The zero-order chi connectivity index (χ0) is 15.8. The Balaban J connectivity index is 2.89. The molecular formula is C15H25N3O3. The van der Waals surface area contributed by atoms with Gasteiger partial charge in [-0.15, -0.1) is 0 Å². The second kappa shape index (κ2) is 8.24. The van der Waals surface area contributed by atoms with Crippen LogP contribution in [0.5, 0.6) is 17.2 Å². The van der Waals surface area contributed by atoms with Crippen molar-refractivity contribution in [1.82, 2.24) is 10.6 Å². The van der Waals surface area contributed by atoms with Gasteiger partial charge < -0.3 is 24.8 Å². The molecule has 1 aromatic rings. The van der Waals surface area contributed by atoms with Gasteiger partial charge in [-0.1, -0.05) is 0 Å². The van der Waals surface area contributed by atoms with Crippen LogP contribution in [0.15, 0.2) is 17.1 Å². The molecule has 0 bridgehead atoms. The lowest BCUT2D eigenvalue weighted by Gasteiger charge is -2.17. The minimum atomic E-state index is 0.316. The highest BCUT2D eigenvalue weighted by atomic mass is 16.5. The van der Waals surface area contributed by atoms with E-state index in [0.29, 0.717) is 29.8 Å². The summed E-state index contributed by atoms with van der Waals surface area (Å²) in [6, 6.07) is 4.14. The number of nitrogens with zero attached hydrogens (tertiary/aromatic N) is 1. The molecule has 0 radical (unpaired) electrons. The third kappa shape index (κ3) is 4.73. The summed E-state index contributed by atoms with van der Waals surface area (Å²) in [6.45, 7) is 4.72. The van der Waals surface area contributed by atoms with Gasteiger partial charge in [0, 0.05) is 19.6 Å². The van der Waals surface area contributed by atoms with Gasteiger partial charge in [0.25, 0.3) is 0 Å². The van der Waals surface area contributed by atoms with Gasteiger partial charge in [-0.05, 0) is 31.5 Å². The maximum absolute atomic E-state index is 5.34. The summed E-state index contributed by atoms with van der Waals surface area (Å²) >= 11 is 0. The molecule has 0 aliphatic rings. The Hall–Kier alpha value is -2.11. The average molecular weight is 295 g/mol. The highest BCUT2D eigenvalue weighted by Gasteiger charge is 2.13. The van der Waals surface area contributed by atoms with E-state index in [1.54, 1.807) is 28.4 Å². The van der Waals surface area contributed by atoms with Crippen LogP contribution in [0.25, 0.3) is 0 Å². The number of guanidine groups is 1. The summed E-state index contributed by atoms with van der Waals surface area (Å²) in [5.74, 6) is 2.62. The van der Waals surface area contributed by atoms with Gasteiger partial charge in [0.05, 0.1) is 21.3 Å². The molecule has 6 nitrogen and oxygen atoms in total. The molecule has 0 aromatic heterocycles. The Labute approximate surface area is 126 Å². The fourth-order valence-electron chi connectivity index (χ4n) is 1.89. The lowest BCUT2D eigenvalue weighted by molar-refractivity contribution is 0.323. The molecule has 0 heterocycles. The Bertz CT molecular complexity index is 462. The van der Waals surface area contributed by atoms with E-state index < -0.39 is 0 Å². The van der Waals surface area contributed by atoms with Crippen molar-refractivity contribution in [2.24, 2.45) is 4.99 Å². The van der Waals surface area contributed by atoms with E-state index in [1.807, 2.05) is 12.1 Å². The Morgan fingerprint density at radius 2 is 1.67 bits per heavy atom. The number of nitrogens with one attached hydrogen (secondary N) is 2. The molecule has 1 rings (SSSR count). The summed E-state index contributed by atoms with van der Waals surface area (Å²) in [5.41, 5.74) is 1.01. The van der Waals surface area contributed by atoms with E-state index >= 15 is 0 Å². The first-order valence-electron chi connectivity index (χ1n) is 6.81. The second-order valence-electron chi connectivity index (χ2n) is 4.76. The van der Waals surface area contributed by atoms with Crippen molar-refractivity contribution in [3.05, 3.63) is 17.7 Å². The number of ether oxygens (including phenoxy) is 3. The highest BCUT2D eigenvalue weighted by Crippen LogP contribution is 2.38. The fourth-order valence-corrected chi connectivity index (χ4v) is 1.89. The van der Waals surface area contributed by atoms with Crippen LogP contribution < -0.4 is 24.8 Å². The molecule has 1 aromatic carbocycles. The molecule has 118 valence electrons. The van der Waals surface area contributed by atoms with Gasteiger partial charge in [0.15, 0.2) is 17.5 Å². The van der Waals surface area contributed by atoms with Crippen LogP contribution in [-0.2, 0) is 6.54 Å². The van der Waals surface area contributed by atoms with Crippen molar-refractivity contribution in [1.29, 1.82) is 0 Å². The quantitative estimate of drug-likeness (QED) is 0.619. The lowest BCUT2D eigenvalue weighted by Crippen LogP contribution is -2.40. The third-order valence-corrected chi connectivity index (χ3v) is 2.83. The van der Waals surface area contributed by atoms with Crippen LogP contribution in [0.4, 0.5) is 0 Å². The molecule has 0 amide bonds. The zero-order valence-corrected chi connectivity index (χ0v) is 13.6. The first-order valence-corrected chi connectivity index (χ1v) is 6.81. The molecule has 6 heteroatoms. The van der Waals surface area contributed by atoms with Gasteiger partial charge in [-0.3, -0.25) is 4.99 Å². The largest absolute Gasteiger partial charge is 0.493 e. The van der Waals surface area contributed by atoms with Gasteiger partial charge in [0.1, 0.15) is 0 Å². The smallest absolute Gasteiger partial charge is 0.203 e. The minimum Gasteiger partial charge on any atom is -0.493 e. The Kier molecular flexibility index (Phi) is 6.65. The molecule has 0 aliphatic heterocycles. The predicted molar refractivity (Wildman–Crippen MR) is 84.6 cm³/mol. The molecule has 2 N–H and O–H groups in total. The van der Waals surface area contributed by atoms with Crippen LogP contribution in [-0.4, -0.2) is 40.4 Å². The maximum Gasteiger partial charge on any atom is 0.203 e. The average Bonchev–Trinajstić information content (AvgIpc) is 2.49. The van der Waals surface area contributed by atoms with Gasteiger partial charge >= 0.3 is 0 Å². The van der Waals surface area contributed by atoms with E-state index in [9.17, 15) is 0 Å². The van der Waals surface area contributed by atoms with Crippen LogP contribution in [0.3, 0.4) is 0 Å². The minimum absolute atomic E-state index is 0.316. The van der Waals surface area contributed by atoms with E-state index in [4.69, 9.17) is 14.2 Å². The summed E-state index contributed by atoms with van der Waals surface area (Å²) in [4.78, 5) is 4.17. The summed E-state index contributed by atoms with van der Waals surface area (Å²) in [7, 11) is 6.54. The van der Waals surface area contributed by atoms with Crippen molar-refractivity contribution < 1.29 is 14.2 Å². The molecule has 0 unspecified atom stereocenters. The summed E-state index contributed by atoms with van der Waals surface area (Å²) in [6.07, 6.45) is 0. The predicted octanol–water partition coefficient (Wildman–Crippen LogP) is 1.79. The number of hydrogen-bond acceptors (Lipinski definition) is 4. The van der Waals surface area contributed by atoms with E-state index in [-0.39, 0.29) is 0 Å². The monoisotopic (exact) mass is 295 g/mol. The molecule has 0 saturated heterocycles. The van der Waals surface area contributed by atoms with E-state index in [1.165, 1.54) is 0 Å². The van der Waals surface area contributed by atoms with Crippen LogP contribution >= 0.6 is 0 Å². The topological polar surface area (TPSA) is 64.1 Å². The number of methoxy groups -OCH3 is 3. The first-order chi connectivity index (χ1) is 10.0. The molecule has 21 heavy (non-hydrogen) atoms. The number of rotatable bonds is 6. The maximum atomic E-state index is 5.34. The van der Waals surface area contributed by atoms with Crippen molar-refractivity contribution in [2.45, 2.75) is 26.4 Å². The van der Waals surface area contributed by atoms with Crippen LogP contribution in [0, 0.1) is 0 Å². The van der Waals surface area contributed by atoms with Crippen LogP contribution in [0.1, 0.15) is 19.4 Å². The molecule has 0 fully saturated rings. The summed E-state index contributed by atoms with van der Waals surface area (Å²) < 4.78 is 16.0. The van der Waals surface area contributed by atoms with E-state index in [0.717, 1.165) is 11.5 Å². The number of aliphatic imine (C=N–C) groups is 1. The van der Waals surface area contributed by atoms with Gasteiger partial charge in [-0.25, -0.2) is 0 Å². The molecular weight excluding hydrogens is 270 g/mol. The molecule has 0 aliphatic carbocycles. The Morgan fingerprint density at radius 3 is 2.05 bits per heavy atom. The van der Waals surface area contributed by atoms with Crippen molar-refractivity contribution in [3.63, 3.8) is 0 Å². The van der Waals surface area contributed by atoms with Crippen molar-refractivity contribution in [2.75, 3.05) is 28.4 Å². The van der Waals surface area contributed by atoms with Crippen molar-refractivity contribution in [3.8, 4) is 17.2 Å². The highest BCUT2D eigenvalue weighted by molar-refractivity contribution is 5.79. The van der Waals surface area contributed by atoms with Gasteiger partial charge in [0.2, 0.25) is 5.75 Å². The first kappa shape index (κ1) is 16.9. The zero-order valence-electron chi connectivity index (χ0n) is 13.6. The molecule has 0 saturated carbocycles. The number of benzene rings is 1. The fraction of sp³-hybridized carbons (Fsp3) is 0.533. The van der Waals surface area contributed by atoms with Crippen molar-refractivity contribution >= 4 is 5.96 Å². The van der Waals surface area contributed by atoms with Crippen LogP contribution in [0.2, 0.25) is 0 Å². The van der Waals surface area contributed by atoms with Gasteiger partial charge in [-0.2, -0.15) is 0 Å².